The third-order valence-electron chi connectivity index (χ3n) is 6.40. The minimum atomic E-state index is -0.442. The van der Waals surface area contributed by atoms with Crippen molar-refractivity contribution in [1.82, 2.24) is 14.9 Å². The summed E-state index contributed by atoms with van der Waals surface area (Å²) in [6.07, 6.45) is 1.41. The summed E-state index contributed by atoms with van der Waals surface area (Å²) >= 11 is 0. The molecule has 0 radical (unpaired) electrons. The Hall–Kier alpha value is -4.38. The minimum Gasteiger partial charge on any atom is -0.497 e. The van der Waals surface area contributed by atoms with Crippen molar-refractivity contribution in [2.24, 2.45) is 0 Å². The van der Waals surface area contributed by atoms with Crippen LogP contribution in [0.1, 0.15) is 23.6 Å². The molecule has 1 heterocycles. The molecule has 0 fully saturated rings. The maximum Gasteiger partial charge on any atom is 0.243 e. The average molecular weight is 476 g/mol. The van der Waals surface area contributed by atoms with E-state index in [1.165, 1.54) is 5.56 Å². The zero-order valence-electron chi connectivity index (χ0n) is 20.3. The molecule has 4 aromatic carbocycles. The first-order chi connectivity index (χ1) is 17.7. The average Bonchev–Trinajstić information content (AvgIpc) is 3.33. The van der Waals surface area contributed by atoms with Crippen molar-refractivity contribution >= 4 is 16.9 Å². The number of imidazole rings is 1. The van der Waals surface area contributed by atoms with Crippen LogP contribution < -0.4 is 10.1 Å². The molecule has 0 aliphatic rings. The smallest absolute Gasteiger partial charge is 0.243 e. The largest absolute Gasteiger partial charge is 0.497 e. The number of aryl methyl sites for hydroxylation is 1. The molecule has 1 aromatic heterocycles. The number of hydrogen-bond donors (Lipinski definition) is 1. The van der Waals surface area contributed by atoms with Crippen LogP contribution in [0.5, 0.6) is 5.75 Å². The summed E-state index contributed by atoms with van der Waals surface area (Å²) in [6, 6.07) is 35.7. The fourth-order valence-corrected chi connectivity index (χ4v) is 4.55. The van der Waals surface area contributed by atoms with Crippen LogP contribution in [0.3, 0.4) is 0 Å². The fraction of sp³-hybridized carbons (Fsp3) is 0.161. The number of para-hydroxylation sites is 2. The molecule has 0 saturated carbocycles. The second-order valence-electron chi connectivity index (χ2n) is 8.77. The molecule has 5 aromatic rings. The minimum absolute atomic E-state index is 0.0258. The second kappa shape index (κ2) is 10.9. The van der Waals surface area contributed by atoms with Gasteiger partial charge in [-0.3, -0.25) is 4.79 Å². The molecule has 36 heavy (non-hydrogen) atoms. The van der Waals surface area contributed by atoms with E-state index in [1.54, 1.807) is 7.11 Å². The predicted molar refractivity (Wildman–Crippen MR) is 144 cm³/mol. The summed E-state index contributed by atoms with van der Waals surface area (Å²) in [5.41, 5.74) is 4.96. The normalized spacial score (nSPS) is 11.8. The number of ether oxygens (including phenoxy) is 1. The van der Waals surface area contributed by atoms with Gasteiger partial charge in [-0.1, -0.05) is 84.9 Å². The molecule has 5 nitrogen and oxygen atoms in total. The van der Waals surface area contributed by atoms with Crippen molar-refractivity contribution in [3.05, 3.63) is 120 Å². The Morgan fingerprint density at radius 3 is 2.31 bits per heavy atom. The molecule has 1 N–H and O–H groups in total. The molecular formula is C31H29N3O2. The Morgan fingerprint density at radius 1 is 0.861 bits per heavy atom. The van der Waals surface area contributed by atoms with Gasteiger partial charge in [0.2, 0.25) is 5.91 Å². The Kier molecular flexibility index (Phi) is 7.08. The van der Waals surface area contributed by atoms with Crippen LogP contribution in [0, 0.1) is 0 Å². The van der Waals surface area contributed by atoms with Crippen molar-refractivity contribution in [3.8, 4) is 17.1 Å². The van der Waals surface area contributed by atoms with E-state index >= 15 is 0 Å². The topological polar surface area (TPSA) is 56.2 Å². The molecule has 5 heteroatoms. The highest BCUT2D eigenvalue weighted by Gasteiger charge is 2.26. The van der Waals surface area contributed by atoms with Gasteiger partial charge in [0, 0.05) is 12.1 Å². The number of carbonyl (C=O) groups excluding carboxylic acids is 1. The lowest BCUT2D eigenvalue weighted by Gasteiger charge is -2.22. The number of rotatable bonds is 9. The van der Waals surface area contributed by atoms with Gasteiger partial charge in [-0.2, -0.15) is 0 Å². The number of methoxy groups -OCH3 is 1. The maximum absolute atomic E-state index is 13.8. The second-order valence-corrected chi connectivity index (χ2v) is 8.77. The van der Waals surface area contributed by atoms with Crippen molar-refractivity contribution in [3.63, 3.8) is 0 Å². The number of hydrogen-bond acceptors (Lipinski definition) is 3. The van der Waals surface area contributed by atoms with E-state index in [-0.39, 0.29) is 5.91 Å². The highest BCUT2D eigenvalue weighted by Crippen LogP contribution is 2.32. The van der Waals surface area contributed by atoms with Gasteiger partial charge in [-0.25, -0.2) is 4.98 Å². The van der Waals surface area contributed by atoms with Crippen molar-refractivity contribution in [2.75, 3.05) is 7.11 Å². The van der Waals surface area contributed by atoms with Crippen LogP contribution in [0.4, 0.5) is 0 Å². The fourth-order valence-electron chi connectivity index (χ4n) is 4.55. The molecule has 180 valence electrons. The van der Waals surface area contributed by atoms with Crippen molar-refractivity contribution < 1.29 is 9.53 Å². The number of nitrogens with zero attached hydrogens (tertiary/aromatic N) is 2. The molecule has 1 unspecified atom stereocenters. The summed E-state index contributed by atoms with van der Waals surface area (Å²) in [5, 5.41) is 3.18. The highest BCUT2D eigenvalue weighted by atomic mass is 16.5. The summed E-state index contributed by atoms with van der Waals surface area (Å²) in [4.78, 5) is 18.8. The summed E-state index contributed by atoms with van der Waals surface area (Å²) < 4.78 is 7.57. The Labute approximate surface area is 211 Å². The van der Waals surface area contributed by atoms with E-state index < -0.39 is 6.04 Å². The maximum atomic E-state index is 13.8. The first-order valence-electron chi connectivity index (χ1n) is 12.2. The number of fused-ring (bicyclic) bond motifs is 1. The Balaban J connectivity index is 1.56. The number of nitrogens with one attached hydrogen (secondary N) is 1. The third-order valence-corrected chi connectivity index (χ3v) is 6.40. The number of aromatic nitrogens is 2. The van der Waals surface area contributed by atoms with Gasteiger partial charge in [0.05, 0.1) is 18.1 Å². The van der Waals surface area contributed by atoms with E-state index in [9.17, 15) is 4.79 Å². The van der Waals surface area contributed by atoms with Crippen LogP contribution >= 0.6 is 0 Å². The van der Waals surface area contributed by atoms with Gasteiger partial charge in [-0.05, 0) is 48.2 Å². The van der Waals surface area contributed by atoms with E-state index in [1.807, 2.05) is 97.1 Å². The van der Waals surface area contributed by atoms with Gasteiger partial charge < -0.3 is 14.6 Å². The summed E-state index contributed by atoms with van der Waals surface area (Å²) in [6.45, 7) is 0.475. The Bertz CT molecular complexity index is 1440. The zero-order chi connectivity index (χ0) is 24.7. The van der Waals surface area contributed by atoms with Gasteiger partial charge in [0.1, 0.15) is 17.6 Å². The number of carbonyl (C=O) groups is 1. The molecule has 0 saturated heterocycles. The lowest BCUT2D eigenvalue weighted by atomic mass is 10.0. The van der Waals surface area contributed by atoms with E-state index in [0.717, 1.165) is 40.2 Å². The number of amides is 1. The molecule has 0 aliphatic heterocycles. The van der Waals surface area contributed by atoms with Gasteiger partial charge in [0.15, 0.2) is 0 Å². The van der Waals surface area contributed by atoms with Crippen molar-refractivity contribution in [2.45, 2.75) is 25.4 Å². The number of benzene rings is 4. The van der Waals surface area contributed by atoms with Crippen LogP contribution in [-0.4, -0.2) is 22.6 Å². The van der Waals surface area contributed by atoms with E-state index in [2.05, 4.69) is 22.0 Å². The first kappa shape index (κ1) is 23.4. The molecule has 0 bridgehead atoms. The Morgan fingerprint density at radius 2 is 1.56 bits per heavy atom. The lowest BCUT2D eigenvalue weighted by Crippen LogP contribution is -2.33. The summed E-state index contributed by atoms with van der Waals surface area (Å²) in [7, 11) is 1.65. The van der Waals surface area contributed by atoms with E-state index in [4.69, 9.17) is 9.72 Å². The van der Waals surface area contributed by atoms with Crippen LogP contribution in [0.15, 0.2) is 109 Å². The zero-order valence-corrected chi connectivity index (χ0v) is 20.3. The quantitative estimate of drug-likeness (QED) is 0.276. The first-order valence-corrected chi connectivity index (χ1v) is 12.2. The summed E-state index contributed by atoms with van der Waals surface area (Å²) in [5.74, 6) is 1.48. The molecule has 1 amide bonds. The SMILES string of the molecule is COc1cccc(-c2nc3ccccc3n2C(CCc2ccccc2)C(=O)NCc2ccccc2)c1. The lowest BCUT2D eigenvalue weighted by molar-refractivity contribution is -0.124. The van der Waals surface area contributed by atoms with Gasteiger partial charge >= 0.3 is 0 Å². The molecule has 0 spiro atoms. The van der Waals surface area contributed by atoms with Crippen LogP contribution in [-0.2, 0) is 17.8 Å². The molecule has 5 rings (SSSR count). The molecule has 1 atom stereocenters. The van der Waals surface area contributed by atoms with Gasteiger partial charge in [-0.15, -0.1) is 0 Å². The third kappa shape index (κ3) is 5.15. The standard InChI is InChI=1S/C31H29N3O2/c1-36-26-16-10-15-25(21-26)30-33-27-17-8-9-18-28(27)34(30)29(20-19-23-11-4-2-5-12-23)31(35)32-22-24-13-6-3-7-14-24/h2-18,21,29H,19-20,22H2,1H3,(H,32,35). The predicted octanol–water partition coefficient (Wildman–Crippen LogP) is 6.20. The van der Waals surface area contributed by atoms with Crippen molar-refractivity contribution in [1.29, 1.82) is 0 Å². The molecule has 0 aliphatic carbocycles. The van der Waals surface area contributed by atoms with E-state index in [0.29, 0.717) is 13.0 Å². The monoisotopic (exact) mass is 475 g/mol. The highest BCUT2D eigenvalue weighted by molar-refractivity contribution is 5.87. The van der Waals surface area contributed by atoms with Crippen LogP contribution in [0.25, 0.3) is 22.4 Å². The van der Waals surface area contributed by atoms with Crippen LogP contribution in [0.2, 0.25) is 0 Å². The van der Waals surface area contributed by atoms with Gasteiger partial charge in [0.25, 0.3) is 0 Å². The molecular weight excluding hydrogens is 446 g/mol.